The highest BCUT2D eigenvalue weighted by atomic mass is 32.2. The summed E-state index contributed by atoms with van der Waals surface area (Å²) in [4.78, 5) is 15.4. The Bertz CT molecular complexity index is 566. The van der Waals surface area contributed by atoms with E-state index >= 15 is 0 Å². The third kappa shape index (κ3) is 5.22. The van der Waals surface area contributed by atoms with E-state index in [1.54, 1.807) is 18.0 Å². The van der Waals surface area contributed by atoms with E-state index in [0.29, 0.717) is 6.42 Å². The van der Waals surface area contributed by atoms with E-state index in [2.05, 4.69) is 41.4 Å². The first-order valence-electron chi connectivity index (χ1n) is 7.64. The minimum atomic E-state index is 0.216. The van der Waals surface area contributed by atoms with Gasteiger partial charge in [0.25, 0.3) is 0 Å². The Morgan fingerprint density at radius 3 is 2.73 bits per heavy atom. The Kier molecular flexibility index (Phi) is 6.52. The van der Waals surface area contributed by atoms with E-state index in [1.807, 2.05) is 18.0 Å². The van der Waals surface area contributed by atoms with Gasteiger partial charge in [0.1, 0.15) is 0 Å². The lowest BCUT2D eigenvalue weighted by Gasteiger charge is -2.20. The fourth-order valence-corrected chi connectivity index (χ4v) is 3.07. The summed E-state index contributed by atoms with van der Waals surface area (Å²) < 4.78 is 0. The van der Waals surface area contributed by atoms with Crippen molar-refractivity contribution in [3.63, 3.8) is 0 Å². The first-order chi connectivity index (χ1) is 10.7. The lowest BCUT2D eigenvalue weighted by atomic mass is 10.2. The number of thioether (sulfide) groups is 1. The molecule has 1 aromatic heterocycles. The average molecular weight is 317 g/mol. The molecule has 0 atom stereocenters. The number of rotatable bonds is 8. The normalized spacial score (nSPS) is 10.6. The Balaban J connectivity index is 1.73. The van der Waals surface area contributed by atoms with E-state index in [-0.39, 0.29) is 5.91 Å². The van der Waals surface area contributed by atoms with Gasteiger partial charge in [0.2, 0.25) is 5.91 Å². The predicted octanol–water partition coefficient (Wildman–Crippen LogP) is 3.29. The Morgan fingerprint density at radius 1 is 1.32 bits per heavy atom. The molecule has 5 heteroatoms. The number of carbonyl (C=O) groups excluding carboxylic acids is 1. The maximum Gasteiger partial charge on any atom is 0.222 e. The van der Waals surface area contributed by atoms with Gasteiger partial charge in [-0.15, -0.1) is 11.8 Å². The Morgan fingerprint density at radius 2 is 2.09 bits per heavy atom. The SMILES string of the molecule is CCN(CCSc1ccc(C)cc1)C(=O)CCc1cn[nH]c1. The van der Waals surface area contributed by atoms with Crippen LogP contribution < -0.4 is 0 Å². The molecule has 1 heterocycles. The number of H-pyrrole nitrogens is 1. The van der Waals surface area contributed by atoms with Crippen molar-refractivity contribution in [1.29, 1.82) is 0 Å². The number of aryl methyl sites for hydroxylation is 2. The van der Waals surface area contributed by atoms with E-state index in [1.165, 1.54) is 10.5 Å². The molecule has 22 heavy (non-hydrogen) atoms. The van der Waals surface area contributed by atoms with Crippen LogP contribution in [0.4, 0.5) is 0 Å². The van der Waals surface area contributed by atoms with E-state index < -0.39 is 0 Å². The lowest BCUT2D eigenvalue weighted by Crippen LogP contribution is -2.32. The van der Waals surface area contributed by atoms with Crippen LogP contribution in [0.2, 0.25) is 0 Å². The van der Waals surface area contributed by atoms with Crippen molar-refractivity contribution in [1.82, 2.24) is 15.1 Å². The van der Waals surface area contributed by atoms with Crippen molar-refractivity contribution in [2.24, 2.45) is 0 Å². The van der Waals surface area contributed by atoms with Crippen LogP contribution >= 0.6 is 11.8 Å². The Labute approximate surface area is 136 Å². The molecule has 0 saturated carbocycles. The van der Waals surface area contributed by atoms with Crippen LogP contribution in [0, 0.1) is 6.92 Å². The van der Waals surface area contributed by atoms with Crippen molar-refractivity contribution in [2.75, 3.05) is 18.8 Å². The van der Waals surface area contributed by atoms with Gasteiger partial charge < -0.3 is 4.90 Å². The number of carbonyl (C=O) groups is 1. The minimum absolute atomic E-state index is 0.216. The molecule has 0 aliphatic rings. The molecule has 1 aromatic carbocycles. The van der Waals surface area contributed by atoms with Gasteiger partial charge in [-0.1, -0.05) is 17.7 Å². The predicted molar refractivity (Wildman–Crippen MR) is 91.1 cm³/mol. The Hall–Kier alpha value is -1.75. The van der Waals surface area contributed by atoms with Crippen molar-refractivity contribution < 1.29 is 4.79 Å². The molecule has 1 N–H and O–H groups in total. The molecule has 0 aliphatic heterocycles. The van der Waals surface area contributed by atoms with Crippen LogP contribution in [0.25, 0.3) is 0 Å². The summed E-state index contributed by atoms with van der Waals surface area (Å²) >= 11 is 1.80. The molecule has 0 saturated heterocycles. The molecule has 0 radical (unpaired) electrons. The minimum Gasteiger partial charge on any atom is -0.342 e. The number of hydrogen-bond acceptors (Lipinski definition) is 3. The van der Waals surface area contributed by atoms with Crippen molar-refractivity contribution in [3.8, 4) is 0 Å². The van der Waals surface area contributed by atoms with Crippen LogP contribution in [-0.4, -0.2) is 39.8 Å². The second kappa shape index (κ2) is 8.63. The fourth-order valence-electron chi connectivity index (χ4n) is 2.19. The van der Waals surface area contributed by atoms with Gasteiger partial charge in [0.15, 0.2) is 0 Å². The maximum absolute atomic E-state index is 12.2. The molecule has 0 spiro atoms. The highest BCUT2D eigenvalue weighted by Gasteiger charge is 2.11. The maximum atomic E-state index is 12.2. The van der Waals surface area contributed by atoms with Gasteiger partial charge in [0, 0.05) is 36.4 Å². The van der Waals surface area contributed by atoms with Crippen LogP contribution in [0.5, 0.6) is 0 Å². The third-order valence-corrected chi connectivity index (χ3v) is 4.56. The topological polar surface area (TPSA) is 49.0 Å². The summed E-state index contributed by atoms with van der Waals surface area (Å²) in [5, 5.41) is 6.68. The number of hydrogen-bond donors (Lipinski definition) is 1. The van der Waals surface area contributed by atoms with E-state index in [9.17, 15) is 4.79 Å². The molecular formula is C17H23N3OS. The van der Waals surface area contributed by atoms with Gasteiger partial charge in [-0.3, -0.25) is 9.89 Å². The third-order valence-electron chi connectivity index (χ3n) is 3.57. The zero-order chi connectivity index (χ0) is 15.8. The van der Waals surface area contributed by atoms with Gasteiger partial charge in [-0.05, 0) is 38.0 Å². The summed E-state index contributed by atoms with van der Waals surface area (Å²) in [5.41, 5.74) is 2.35. The van der Waals surface area contributed by atoms with Crippen LogP contribution in [0.15, 0.2) is 41.6 Å². The van der Waals surface area contributed by atoms with E-state index in [0.717, 1.165) is 30.8 Å². The number of nitrogens with zero attached hydrogens (tertiary/aromatic N) is 2. The molecule has 4 nitrogen and oxygen atoms in total. The molecule has 0 aliphatic carbocycles. The number of aromatic nitrogens is 2. The van der Waals surface area contributed by atoms with Crippen LogP contribution in [-0.2, 0) is 11.2 Å². The van der Waals surface area contributed by atoms with E-state index in [4.69, 9.17) is 0 Å². The molecule has 0 bridgehead atoms. The van der Waals surface area contributed by atoms with Gasteiger partial charge >= 0.3 is 0 Å². The summed E-state index contributed by atoms with van der Waals surface area (Å²) in [6.45, 7) is 5.68. The molecule has 1 amide bonds. The molecule has 118 valence electrons. The molecule has 2 aromatic rings. The highest BCUT2D eigenvalue weighted by molar-refractivity contribution is 7.99. The van der Waals surface area contributed by atoms with Gasteiger partial charge in [-0.25, -0.2) is 0 Å². The number of aromatic amines is 1. The average Bonchev–Trinajstić information content (AvgIpc) is 3.04. The fraction of sp³-hybridized carbons (Fsp3) is 0.412. The molecule has 0 unspecified atom stereocenters. The first kappa shape index (κ1) is 16.6. The summed E-state index contributed by atoms with van der Waals surface area (Å²) in [6.07, 6.45) is 4.91. The molecule has 0 fully saturated rings. The lowest BCUT2D eigenvalue weighted by molar-refractivity contribution is -0.130. The number of amides is 1. The van der Waals surface area contributed by atoms with Crippen molar-refractivity contribution >= 4 is 17.7 Å². The second-order valence-electron chi connectivity index (χ2n) is 5.24. The summed E-state index contributed by atoms with van der Waals surface area (Å²) in [6, 6.07) is 8.51. The largest absolute Gasteiger partial charge is 0.342 e. The monoisotopic (exact) mass is 317 g/mol. The smallest absolute Gasteiger partial charge is 0.222 e. The van der Waals surface area contributed by atoms with Crippen LogP contribution in [0.3, 0.4) is 0 Å². The highest BCUT2D eigenvalue weighted by Crippen LogP contribution is 2.18. The molecular weight excluding hydrogens is 294 g/mol. The molecule has 2 rings (SSSR count). The summed E-state index contributed by atoms with van der Waals surface area (Å²) in [7, 11) is 0. The van der Waals surface area contributed by atoms with Crippen molar-refractivity contribution in [2.45, 2.75) is 31.6 Å². The second-order valence-corrected chi connectivity index (χ2v) is 6.41. The quantitative estimate of drug-likeness (QED) is 0.760. The zero-order valence-electron chi connectivity index (χ0n) is 13.2. The van der Waals surface area contributed by atoms with Gasteiger partial charge in [0.05, 0.1) is 6.20 Å². The number of nitrogens with one attached hydrogen (secondary N) is 1. The standard InChI is InChI=1S/C17H23N3OS/c1-3-20(17(21)9-6-15-12-18-19-13-15)10-11-22-16-7-4-14(2)5-8-16/h4-5,7-8,12-13H,3,6,9-11H2,1-2H3,(H,18,19). The number of benzene rings is 1. The van der Waals surface area contributed by atoms with Crippen molar-refractivity contribution in [3.05, 3.63) is 47.8 Å². The van der Waals surface area contributed by atoms with Gasteiger partial charge in [-0.2, -0.15) is 5.10 Å². The van der Waals surface area contributed by atoms with Crippen LogP contribution in [0.1, 0.15) is 24.5 Å². The summed E-state index contributed by atoms with van der Waals surface area (Å²) in [5.74, 6) is 1.14. The zero-order valence-corrected chi connectivity index (χ0v) is 14.0. The first-order valence-corrected chi connectivity index (χ1v) is 8.62.